The Morgan fingerprint density at radius 2 is 2.00 bits per heavy atom. The van der Waals surface area contributed by atoms with Gasteiger partial charge in [0.1, 0.15) is 0 Å². The predicted octanol–water partition coefficient (Wildman–Crippen LogP) is 4.36. The highest BCUT2D eigenvalue weighted by atomic mass is 35.5. The molecule has 0 saturated carbocycles. The third kappa shape index (κ3) is 4.00. The summed E-state index contributed by atoms with van der Waals surface area (Å²) in [6.45, 7) is 3.23. The minimum absolute atomic E-state index is 0.0628. The summed E-state index contributed by atoms with van der Waals surface area (Å²) in [4.78, 5) is 23.9. The summed E-state index contributed by atoms with van der Waals surface area (Å²) in [6, 6.07) is 8.38. The number of hydrogen-bond acceptors (Lipinski definition) is 5. The normalized spacial score (nSPS) is 12.2. The number of benzene rings is 1. The number of thioether (sulfide) groups is 1. The zero-order chi connectivity index (χ0) is 18.8. The van der Waals surface area contributed by atoms with E-state index in [-0.39, 0.29) is 11.7 Å². The molecule has 134 valence electrons. The molecule has 3 aromatic rings. The van der Waals surface area contributed by atoms with Crippen LogP contribution in [0.3, 0.4) is 0 Å². The van der Waals surface area contributed by atoms with Crippen LogP contribution in [0.5, 0.6) is 0 Å². The van der Waals surface area contributed by atoms with Crippen LogP contribution in [-0.4, -0.2) is 31.5 Å². The number of nitrogens with one attached hydrogen (secondary N) is 1. The molecule has 0 unspecified atom stereocenters. The summed E-state index contributed by atoms with van der Waals surface area (Å²) in [6.07, 6.45) is 1.64. The molecule has 1 amide bonds. The van der Waals surface area contributed by atoms with E-state index in [4.69, 9.17) is 23.2 Å². The van der Waals surface area contributed by atoms with E-state index in [1.807, 2.05) is 0 Å². The first-order chi connectivity index (χ1) is 12.3. The number of aromatic nitrogens is 3. The first kappa shape index (κ1) is 18.7. The molecule has 1 aromatic carbocycles. The van der Waals surface area contributed by atoms with Gasteiger partial charge in [0.05, 0.1) is 15.3 Å². The number of halogens is 2. The van der Waals surface area contributed by atoms with E-state index < -0.39 is 5.25 Å². The van der Waals surface area contributed by atoms with Crippen LogP contribution >= 0.6 is 35.0 Å². The van der Waals surface area contributed by atoms with Gasteiger partial charge in [-0.05, 0) is 32.0 Å². The maximum absolute atomic E-state index is 12.5. The molecule has 1 N–H and O–H groups in total. The Kier molecular flexibility index (Phi) is 5.50. The number of ketones is 1. The highest BCUT2D eigenvalue weighted by Gasteiger charge is 2.19. The highest BCUT2D eigenvalue weighted by molar-refractivity contribution is 8.00. The number of amides is 1. The van der Waals surface area contributed by atoms with E-state index in [2.05, 4.69) is 15.5 Å². The number of anilines is 1. The van der Waals surface area contributed by atoms with Crippen LogP contribution in [-0.2, 0) is 4.79 Å². The second kappa shape index (κ2) is 7.65. The van der Waals surface area contributed by atoms with Crippen molar-refractivity contribution in [2.75, 3.05) is 5.32 Å². The van der Waals surface area contributed by atoms with Gasteiger partial charge in [0.25, 0.3) is 0 Å². The van der Waals surface area contributed by atoms with Crippen molar-refractivity contribution in [3.05, 3.63) is 52.1 Å². The molecule has 0 radical (unpaired) electrons. The van der Waals surface area contributed by atoms with E-state index in [0.29, 0.717) is 32.1 Å². The van der Waals surface area contributed by atoms with Gasteiger partial charge < -0.3 is 5.32 Å². The molecule has 0 saturated heterocycles. The van der Waals surface area contributed by atoms with Crippen molar-refractivity contribution in [1.82, 2.24) is 14.6 Å². The molecule has 0 aliphatic carbocycles. The molecule has 9 heteroatoms. The molecular weight excluding hydrogens is 395 g/mol. The maximum atomic E-state index is 12.5. The number of fused-ring (bicyclic) bond motifs is 1. The van der Waals surface area contributed by atoms with Gasteiger partial charge in [-0.3, -0.25) is 14.0 Å². The zero-order valence-corrected chi connectivity index (χ0v) is 16.2. The topological polar surface area (TPSA) is 76.4 Å². The number of rotatable bonds is 5. The Morgan fingerprint density at radius 3 is 2.73 bits per heavy atom. The average molecular weight is 409 g/mol. The van der Waals surface area contributed by atoms with Crippen molar-refractivity contribution in [1.29, 1.82) is 0 Å². The van der Waals surface area contributed by atoms with Gasteiger partial charge >= 0.3 is 0 Å². The van der Waals surface area contributed by atoms with Crippen molar-refractivity contribution >= 4 is 58.0 Å². The fourth-order valence-corrected chi connectivity index (χ4v) is 3.59. The molecular formula is C17H14Cl2N4O2S. The molecule has 2 heterocycles. The first-order valence-corrected chi connectivity index (χ1v) is 9.27. The number of carbonyl (C=O) groups is 2. The van der Waals surface area contributed by atoms with Gasteiger partial charge in [0.2, 0.25) is 5.91 Å². The van der Waals surface area contributed by atoms with E-state index in [0.717, 1.165) is 0 Å². The molecule has 0 spiro atoms. The Morgan fingerprint density at radius 1 is 1.23 bits per heavy atom. The molecule has 26 heavy (non-hydrogen) atoms. The number of Topliss-reactive ketones (excluding diaryl/α,β-unsaturated/α-hetero) is 1. The molecule has 0 fully saturated rings. The molecule has 0 aliphatic rings. The first-order valence-electron chi connectivity index (χ1n) is 7.63. The van der Waals surface area contributed by atoms with Gasteiger partial charge in [-0.25, -0.2) is 0 Å². The molecule has 0 aliphatic heterocycles. The van der Waals surface area contributed by atoms with Crippen LogP contribution in [0.2, 0.25) is 10.0 Å². The third-order valence-corrected chi connectivity index (χ3v) is 5.12. The Labute approximate surface area is 163 Å². The SMILES string of the molecule is CC(=O)c1cccc(NC(=O)[C@@H](C)Sc2nnc3c(Cl)cc(Cl)cn23)c1. The van der Waals surface area contributed by atoms with Crippen LogP contribution < -0.4 is 5.32 Å². The lowest BCUT2D eigenvalue weighted by Crippen LogP contribution is -2.22. The zero-order valence-electron chi connectivity index (χ0n) is 13.9. The summed E-state index contributed by atoms with van der Waals surface area (Å²) >= 11 is 13.3. The van der Waals surface area contributed by atoms with Gasteiger partial charge in [-0.2, -0.15) is 0 Å². The van der Waals surface area contributed by atoms with Crippen LogP contribution in [0.25, 0.3) is 5.65 Å². The summed E-state index contributed by atoms with van der Waals surface area (Å²) < 4.78 is 1.65. The number of pyridine rings is 1. The number of nitrogens with zero attached hydrogens (tertiary/aromatic N) is 3. The Hall–Kier alpha value is -2.09. The van der Waals surface area contributed by atoms with Crippen molar-refractivity contribution in [2.45, 2.75) is 24.3 Å². The van der Waals surface area contributed by atoms with Crippen molar-refractivity contribution in [3.8, 4) is 0 Å². The van der Waals surface area contributed by atoms with Crippen molar-refractivity contribution in [3.63, 3.8) is 0 Å². The van der Waals surface area contributed by atoms with Gasteiger partial charge in [-0.15, -0.1) is 10.2 Å². The van der Waals surface area contributed by atoms with E-state index in [1.165, 1.54) is 18.7 Å². The van der Waals surface area contributed by atoms with Crippen LogP contribution in [0.4, 0.5) is 5.69 Å². The second-order valence-electron chi connectivity index (χ2n) is 5.57. The lowest BCUT2D eigenvalue weighted by Gasteiger charge is -2.11. The molecule has 3 rings (SSSR count). The van der Waals surface area contributed by atoms with Crippen molar-refractivity contribution < 1.29 is 9.59 Å². The van der Waals surface area contributed by atoms with E-state index >= 15 is 0 Å². The summed E-state index contributed by atoms with van der Waals surface area (Å²) in [7, 11) is 0. The third-order valence-electron chi connectivity index (χ3n) is 3.58. The monoisotopic (exact) mass is 408 g/mol. The van der Waals surface area contributed by atoms with Gasteiger partial charge in [0, 0.05) is 17.4 Å². The molecule has 0 bridgehead atoms. The highest BCUT2D eigenvalue weighted by Crippen LogP contribution is 2.28. The van der Waals surface area contributed by atoms with E-state index in [1.54, 1.807) is 47.9 Å². The lowest BCUT2D eigenvalue weighted by atomic mass is 10.1. The molecule has 2 aromatic heterocycles. The minimum atomic E-state index is -0.457. The maximum Gasteiger partial charge on any atom is 0.237 e. The minimum Gasteiger partial charge on any atom is -0.325 e. The second-order valence-corrected chi connectivity index (χ2v) is 7.72. The molecule has 1 atom stereocenters. The van der Waals surface area contributed by atoms with Crippen LogP contribution in [0.1, 0.15) is 24.2 Å². The number of carbonyl (C=O) groups excluding carboxylic acids is 2. The smallest absolute Gasteiger partial charge is 0.237 e. The predicted molar refractivity (Wildman–Crippen MR) is 103 cm³/mol. The van der Waals surface area contributed by atoms with Crippen LogP contribution in [0, 0.1) is 0 Å². The average Bonchev–Trinajstić information content (AvgIpc) is 2.98. The fraction of sp³-hybridized carbons (Fsp3) is 0.176. The largest absolute Gasteiger partial charge is 0.325 e. The van der Waals surface area contributed by atoms with Gasteiger partial charge in [-0.1, -0.05) is 47.1 Å². The van der Waals surface area contributed by atoms with Crippen molar-refractivity contribution in [2.24, 2.45) is 0 Å². The summed E-state index contributed by atoms with van der Waals surface area (Å²) in [5.41, 5.74) is 1.57. The Balaban J connectivity index is 1.76. The standard InChI is InChI=1S/C17H14Cl2N4O2S/c1-9(24)11-4-3-5-13(6-11)20-16(25)10(2)26-17-22-21-15-14(19)7-12(18)8-23(15)17/h3-8,10H,1-2H3,(H,20,25)/t10-/m1/s1. The summed E-state index contributed by atoms with van der Waals surface area (Å²) in [5.74, 6) is -0.284. The van der Waals surface area contributed by atoms with E-state index in [9.17, 15) is 9.59 Å². The number of hydrogen-bond donors (Lipinski definition) is 1. The van der Waals surface area contributed by atoms with Gasteiger partial charge in [0.15, 0.2) is 16.6 Å². The Bertz CT molecular complexity index is 1010. The lowest BCUT2D eigenvalue weighted by molar-refractivity contribution is -0.115. The van der Waals surface area contributed by atoms with Crippen LogP contribution in [0.15, 0.2) is 41.7 Å². The summed E-state index contributed by atoms with van der Waals surface area (Å²) in [5, 5.41) is 11.8. The molecule has 6 nitrogen and oxygen atoms in total. The quantitative estimate of drug-likeness (QED) is 0.501. The fourth-order valence-electron chi connectivity index (χ4n) is 2.25.